The van der Waals surface area contributed by atoms with Gasteiger partial charge in [0.1, 0.15) is 5.76 Å². The summed E-state index contributed by atoms with van der Waals surface area (Å²) >= 11 is 0. The van der Waals surface area contributed by atoms with Gasteiger partial charge in [-0.2, -0.15) is 0 Å². The maximum Gasteiger partial charge on any atom is 0.145 e. The molecule has 1 N–H and O–H groups in total. The van der Waals surface area contributed by atoms with Gasteiger partial charge in [0.25, 0.3) is 0 Å². The molecule has 3 heterocycles. The van der Waals surface area contributed by atoms with E-state index in [0.29, 0.717) is 42.0 Å². The molecular formula is C23H36N2O2. The number of hydrogen-bond acceptors (Lipinski definition) is 4. The van der Waals surface area contributed by atoms with Gasteiger partial charge in [-0.25, -0.2) is 0 Å². The lowest BCUT2D eigenvalue weighted by Crippen LogP contribution is -2.42. The first-order valence-electron chi connectivity index (χ1n) is 11.3. The maximum absolute atomic E-state index is 6.51. The molecule has 2 saturated carbocycles. The summed E-state index contributed by atoms with van der Waals surface area (Å²) in [6.45, 7) is 7.90. The van der Waals surface area contributed by atoms with Crippen molar-refractivity contribution in [3.8, 4) is 0 Å². The highest BCUT2D eigenvalue weighted by atomic mass is 16.5. The van der Waals surface area contributed by atoms with Crippen LogP contribution in [0.15, 0.2) is 4.52 Å². The Hall–Kier alpha value is -0.870. The fourth-order valence-electron chi connectivity index (χ4n) is 5.79. The molecule has 27 heavy (non-hydrogen) atoms. The average molecular weight is 373 g/mol. The third kappa shape index (κ3) is 3.72. The summed E-state index contributed by atoms with van der Waals surface area (Å²) in [7, 11) is 0. The van der Waals surface area contributed by atoms with Crippen LogP contribution < -0.4 is 5.32 Å². The molecule has 0 radical (unpaired) electrons. The zero-order valence-electron chi connectivity index (χ0n) is 17.3. The van der Waals surface area contributed by atoms with Crippen molar-refractivity contribution in [1.29, 1.82) is 0 Å². The second-order valence-corrected chi connectivity index (χ2v) is 10.7. The van der Waals surface area contributed by atoms with E-state index in [1.807, 2.05) is 0 Å². The van der Waals surface area contributed by atoms with Gasteiger partial charge in [0, 0.05) is 29.5 Å². The molecule has 2 bridgehead atoms. The van der Waals surface area contributed by atoms with E-state index in [4.69, 9.17) is 9.26 Å². The Labute approximate surface area is 163 Å². The van der Waals surface area contributed by atoms with E-state index in [1.54, 1.807) is 0 Å². The van der Waals surface area contributed by atoms with Crippen molar-refractivity contribution in [1.82, 2.24) is 10.5 Å². The molecule has 4 aliphatic rings. The standard InChI is InChI=1S/C23H36N2O2/c1-14-10-17-11-18(12-20(14)24-17)26-13-19-21(25-27-22(19)16-4-5-16)15-6-8-23(2,3)9-7-15/h14-18,20,24H,4-13H2,1-3H3/t14-,17?,18+,20?/m1/s1. The van der Waals surface area contributed by atoms with E-state index in [2.05, 4.69) is 31.2 Å². The van der Waals surface area contributed by atoms with Gasteiger partial charge in [0.2, 0.25) is 0 Å². The Balaban J connectivity index is 1.29. The van der Waals surface area contributed by atoms with E-state index in [1.165, 1.54) is 56.2 Å². The molecule has 1 aromatic rings. The number of ether oxygens (including phenoxy) is 1. The van der Waals surface area contributed by atoms with Gasteiger partial charge in [0.05, 0.1) is 18.4 Å². The second-order valence-electron chi connectivity index (χ2n) is 10.7. The molecule has 0 aromatic carbocycles. The summed E-state index contributed by atoms with van der Waals surface area (Å²) in [5.41, 5.74) is 3.04. The lowest BCUT2D eigenvalue weighted by atomic mass is 9.72. The second kappa shape index (κ2) is 6.88. The van der Waals surface area contributed by atoms with Crippen LogP contribution in [0, 0.1) is 11.3 Å². The lowest BCUT2D eigenvalue weighted by Gasteiger charge is -2.34. The molecule has 1 aromatic heterocycles. The van der Waals surface area contributed by atoms with E-state index in [0.717, 1.165) is 24.5 Å². The molecule has 0 amide bonds. The number of nitrogens with zero attached hydrogens (tertiary/aromatic N) is 1. The number of hydrogen-bond donors (Lipinski definition) is 1. The van der Waals surface area contributed by atoms with Crippen LogP contribution in [0.2, 0.25) is 0 Å². The van der Waals surface area contributed by atoms with Crippen LogP contribution in [0.1, 0.15) is 107 Å². The van der Waals surface area contributed by atoms with E-state index in [9.17, 15) is 0 Å². The third-order valence-electron chi connectivity index (χ3n) is 7.84. The molecule has 4 nitrogen and oxygen atoms in total. The molecule has 4 heteroatoms. The minimum Gasteiger partial charge on any atom is -0.373 e. The molecule has 2 aliphatic heterocycles. The molecule has 150 valence electrons. The first-order chi connectivity index (χ1) is 13.0. The molecule has 2 saturated heterocycles. The van der Waals surface area contributed by atoms with Gasteiger partial charge in [-0.1, -0.05) is 25.9 Å². The Kier molecular flexibility index (Phi) is 4.63. The highest BCUT2D eigenvalue weighted by molar-refractivity contribution is 5.30. The molecule has 2 unspecified atom stereocenters. The van der Waals surface area contributed by atoms with Crippen LogP contribution in [0.4, 0.5) is 0 Å². The predicted octanol–water partition coefficient (Wildman–Crippen LogP) is 5.28. The predicted molar refractivity (Wildman–Crippen MR) is 106 cm³/mol. The van der Waals surface area contributed by atoms with Crippen molar-refractivity contribution in [3.05, 3.63) is 17.0 Å². The number of nitrogens with one attached hydrogen (secondary N) is 1. The lowest BCUT2D eigenvalue weighted by molar-refractivity contribution is 0.00676. The Morgan fingerprint density at radius 1 is 1.07 bits per heavy atom. The van der Waals surface area contributed by atoms with Gasteiger partial charge < -0.3 is 14.6 Å². The summed E-state index contributed by atoms with van der Waals surface area (Å²) in [5.74, 6) is 3.12. The molecule has 5 rings (SSSR count). The number of fused-ring (bicyclic) bond motifs is 2. The van der Waals surface area contributed by atoms with Gasteiger partial charge >= 0.3 is 0 Å². The highest BCUT2D eigenvalue weighted by Gasteiger charge is 2.40. The SMILES string of the molecule is C[C@@H]1CC2C[C@H](OCc3c(C4CCC(C)(C)CC4)noc3C3CC3)CC1N2. The van der Waals surface area contributed by atoms with Gasteiger partial charge in [-0.15, -0.1) is 0 Å². The minimum atomic E-state index is 0.395. The zero-order valence-corrected chi connectivity index (χ0v) is 17.3. The first-order valence-corrected chi connectivity index (χ1v) is 11.3. The van der Waals surface area contributed by atoms with Crippen LogP contribution in [-0.2, 0) is 11.3 Å². The number of rotatable bonds is 5. The van der Waals surface area contributed by atoms with Crippen molar-refractivity contribution >= 4 is 0 Å². The minimum absolute atomic E-state index is 0.395. The van der Waals surface area contributed by atoms with Crippen molar-refractivity contribution in [2.75, 3.05) is 0 Å². The van der Waals surface area contributed by atoms with E-state index in [-0.39, 0.29) is 0 Å². The van der Waals surface area contributed by atoms with Crippen LogP contribution in [0.3, 0.4) is 0 Å². The van der Waals surface area contributed by atoms with Crippen LogP contribution >= 0.6 is 0 Å². The Morgan fingerprint density at radius 2 is 1.85 bits per heavy atom. The van der Waals surface area contributed by atoms with Crippen LogP contribution in [0.25, 0.3) is 0 Å². The topological polar surface area (TPSA) is 47.3 Å². The fraction of sp³-hybridized carbons (Fsp3) is 0.870. The van der Waals surface area contributed by atoms with Gasteiger partial charge in [0.15, 0.2) is 0 Å². The monoisotopic (exact) mass is 372 g/mol. The molecule has 4 fully saturated rings. The van der Waals surface area contributed by atoms with Crippen molar-refractivity contribution in [2.24, 2.45) is 11.3 Å². The average Bonchev–Trinajstić information content (AvgIpc) is 3.34. The van der Waals surface area contributed by atoms with Crippen molar-refractivity contribution in [3.63, 3.8) is 0 Å². The smallest absolute Gasteiger partial charge is 0.145 e. The summed E-state index contributed by atoms with van der Waals surface area (Å²) in [5, 5.41) is 8.36. The van der Waals surface area contributed by atoms with Crippen molar-refractivity contribution < 1.29 is 9.26 Å². The quantitative estimate of drug-likeness (QED) is 0.764. The zero-order chi connectivity index (χ0) is 18.6. The first kappa shape index (κ1) is 18.2. The summed E-state index contributed by atoms with van der Waals surface area (Å²) in [4.78, 5) is 0. The third-order valence-corrected chi connectivity index (χ3v) is 7.84. The van der Waals surface area contributed by atoms with Crippen LogP contribution in [-0.4, -0.2) is 23.3 Å². The maximum atomic E-state index is 6.51. The Morgan fingerprint density at radius 3 is 2.56 bits per heavy atom. The molecule has 0 spiro atoms. The van der Waals surface area contributed by atoms with E-state index < -0.39 is 0 Å². The summed E-state index contributed by atoms with van der Waals surface area (Å²) in [6.07, 6.45) is 11.6. The molecule has 4 atom stereocenters. The highest BCUT2D eigenvalue weighted by Crippen LogP contribution is 2.47. The summed E-state index contributed by atoms with van der Waals surface area (Å²) in [6, 6.07) is 1.31. The van der Waals surface area contributed by atoms with Gasteiger partial charge in [-0.3, -0.25) is 0 Å². The largest absolute Gasteiger partial charge is 0.373 e. The van der Waals surface area contributed by atoms with Gasteiger partial charge in [-0.05, 0) is 69.1 Å². The number of piperidine rings is 1. The number of aromatic nitrogens is 1. The van der Waals surface area contributed by atoms with E-state index >= 15 is 0 Å². The van der Waals surface area contributed by atoms with Crippen LogP contribution in [0.5, 0.6) is 0 Å². The Bertz CT molecular complexity index is 666. The van der Waals surface area contributed by atoms with Crippen molar-refractivity contribution in [2.45, 2.75) is 115 Å². The fourth-order valence-corrected chi connectivity index (χ4v) is 5.79. The molecule has 2 aliphatic carbocycles. The summed E-state index contributed by atoms with van der Waals surface area (Å²) < 4.78 is 12.4. The normalized spacial score (nSPS) is 36.3. The molecular weight excluding hydrogens is 336 g/mol.